The molecule has 1 rings (SSSR count). The molecule has 0 aliphatic rings. The molecular weight excluding hydrogens is 316 g/mol. The first-order chi connectivity index (χ1) is 9.82. The topological polar surface area (TPSA) is 75.7 Å². The Morgan fingerprint density at radius 1 is 1.43 bits per heavy atom. The smallest absolute Gasteiger partial charge is 0.239 e. The average molecular weight is 335 g/mol. The van der Waals surface area contributed by atoms with Crippen LogP contribution < -0.4 is 5.32 Å². The molecule has 1 aromatic carbocycles. The molecule has 21 heavy (non-hydrogen) atoms. The lowest BCUT2D eigenvalue weighted by molar-refractivity contribution is -0.116. The largest absolute Gasteiger partial charge is 0.385 e. The Morgan fingerprint density at radius 3 is 2.71 bits per heavy atom. The minimum absolute atomic E-state index is 0.232. The molecule has 0 aromatic heterocycles. The van der Waals surface area contributed by atoms with Gasteiger partial charge in [0.15, 0.2) is 0 Å². The number of hydrogen-bond donors (Lipinski definition) is 1. The molecule has 8 heteroatoms. The predicted octanol–water partition coefficient (Wildman–Crippen LogP) is 1.58. The lowest BCUT2D eigenvalue weighted by atomic mass is 10.3. The number of rotatable bonds is 8. The number of halogens is 1. The number of benzene rings is 1. The molecule has 118 valence electrons. The number of sulfonamides is 1. The van der Waals surface area contributed by atoms with E-state index in [1.807, 2.05) is 0 Å². The van der Waals surface area contributed by atoms with Gasteiger partial charge in [-0.15, -0.1) is 0 Å². The molecule has 1 N–H and O–H groups in total. The Hall–Kier alpha value is -1.15. The summed E-state index contributed by atoms with van der Waals surface area (Å²) in [6, 6.07) is 6.66. The Balaban J connectivity index is 2.63. The van der Waals surface area contributed by atoms with Gasteiger partial charge in [0, 0.05) is 31.0 Å². The van der Waals surface area contributed by atoms with Gasteiger partial charge < -0.3 is 10.1 Å². The second-order valence-corrected chi connectivity index (χ2v) is 6.92. The fourth-order valence-corrected chi connectivity index (χ4v) is 2.68. The minimum atomic E-state index is -3.45. The van der Waals surface area contributed by atoms with Crippen molar-refractivity contribution in [3.63, 3.8) is 0 Å². The predicted molar refractivity (Wildman–Crippen MR) is 83.0 cm³/mol. The molecule has 1 aromatic rings. The van der Waals surface area contributed by atoms with E-state index in [0.29, 0.717) is 23.7 Å². The summed E-state index contributed by atoms with van der Waals surface area (Å²) in [4.78, 5) is 11.9. The number of nitrogens with one attached hydrogen (secondary N) is 1. The first-order valence-corrected chi connectivity index (χ1v) is 8.55. The molecular formula is C13H19ClN2O4S. The van der Waals surface area contributed by atoms with Crippen molar-refractivity contribution < 1.29 is 17.9 Å². The van der Waals surface area contributed by atoms with Crippen LogP contribution in [0.1, 0.15) is 6.42 Å². The molecule has 0 aliphatic heterocycles. The van der Waals surface area contributed by atoms with E-state index in [9.17, 15) is 13.2 Å². The molecule has 6 nitrogen and oxygen atoms in total. The second kappa shape index (κ2) is 8.33. The van der Waals surface area contributed by atoms with Crippen LogP contribution in [0.5, 0.6) is 0 Å². The quantitative estimate of drug-likeness (QED) is 0.732. The average Bonchev–Trinajstić information content (AvgIpc) is 2.36. The fourth-order valence-electron chi connectivity index (χ4n) is 1.67. The normalized spacial score (nSPS) is 11.6. The summed E-state index contributed by atoms with van der Waals surface area (Å²) in [6.45, 7) is 0.423. The van der Waals surface area contributed by atoms with E-state index >= 15 is 0 Å². The highest BCUT2D eigenvalue weighted by molar-refractivity contribution is 7.88. The van der Waals surface area contributed by atoms with Gasteiger partial charge in [0.25, 0.3) is 0 Å². The first kappa shape index (κ1) is 17.9. The third-order valence-corrected chi connectivity index (χ3v) is 4.14. The Kier molecular flexibility index (Phi) is 7.10. The van der Waals surface area contributed by atoms with Crippen molar-refractivity contribution in [2.24, 2.45) is 0 Å². The van der Waals surface area contributed by atoms with Crippen molar-refractivity contribution >= 4 is 33.2 Å². The summed E-state index contributed by atoms with van der Waals surface area (Å²) in [6.07, 6.45) is 1.60. The van der Waals surface area contributed by atoms with E-state index < -0.39 is 15.9 Å². The Morgan fingerprint density at radius 2 is 2.14 bits per heavy atom. The standard InChI is InChI=1S/C13H19ClN2O4S/c1-20-8-4-7-16(21(2,18)19)10-13(17)15-12-6-3-5-11(14)9-12/h3,5-6,9H,4,7-8,10H2,1-2H3,(H,15,17). The van der Waals surface area contributed by atoms with E-state index in [1.165, 1.54) is 7.11 Å². The maximum absolute atomic E-state index is 11.9. The summed E-state index contributed by atoms with van der Waals surface area (Å²) in [7, 11) is -1.91. The van der Waals surface area contributed by atoms with Crippen LogP contribution in [-0.4, -0.2) is 51.7 Å². The molecule has 0 fully saturated rings. The highest BCUT2D eigenvalue weighted by Crippen LogP contribution is 2.15. The molecule has 0 aliphatic carbocycles. The van der Waals surface area contributed by atoms with Gasteiger partial charge in [0.1, 0.15) is 0 Å². The third kappa shape index (κ3) is 6.90. The van der Waals surface area contributed by atoms with E-state index in [2.05, 4.69) is 5.32 Å². The number of carbonyl (C=O) groups is 1. The van der Waals surface area contributed by atoms with E-state index in [1.54, 1.807) is 24.3 Å². The summed E-state index contributed by atoms with van der Waals surface area (Å²) in [5, 5.41) is 3.11. The molecule has 0 atom stereocenters. The number of hydrogen-bond acceptors (Lipinski definition) is 4. The number of nitrogens with zero attached hydrogens (tertiary/aromatic N) is 1. The van der Waals surface area contributed by atoms with Gasteiger partial charge in [-0.1, -0.05) is 17.7 Å². The van der Waals surface area contributed by atoms with Gasteiger partial charge in [0.05, 0.1) is 12.8 Å². The molecule has 0 heterocycles. The van der Waals surface area contributed by atoms with Gasteiger partial charge in [-0.3, -0.25) is 4.79 Å². The van der Waals surface area contributed by atoms with Crippen molar-refractivity contribution in [2.45, 2.75) is 6.42 Å². The summed E-state index contributed by atoms with van der Waals surface area (Å²) >= 11 is 5.82. The monoisotopic (exact) mass is 334 g/mol. The molecule has 0 radical (unpaired) electrons. The van der Waals surface area contributed by atoms with Gasteiger partial charge in [-0.2, -0.15) is 4.31 Å². The van der Waals surface area contributed by atoms with Crippen LogP contribution in [0.4, 0.5) is 5.69 Å². The maximum atomic E-state index is 11.9. The second-order valence-electron chi connectivity index (χ2n) is 4.50. The van der Waals surface area contributed by atoms with Crippen LogP contribution in [0, 0.1) is 0 Å². The molecule has 0 spiro atoms. The lowest BCUT2D eigenvalue weighted by Crippen LogP contribution is -2.38. The minimum Gasteiger partial charge on any atom is -0.385 e. The number of carbonyl (C=O) groups excluding carboxylic acids is 1. The Bertz CT molecular complexity index is 577. The number of anilines is 1. The lowest BCUT2D eigenvalue weighted by Gasteiger charge is -2.19. The van der Waals surface area contributed by atoms with Gasteiger partial charge in [-0.05, 0) is 24.6 Å². The molecule has 0 saturated carbocycles. The summed E-state index contributed by atoms with van der Waals surface area (Å²) in [5.74, 6) is -0.417. The van der Waals surface area contributed by atoms with Crippen LogP contribution in [0.15, 0.2) is 24.3 Å². The van der Waals surface area contributed by atoms with Crippen LogP contribution >= 0.6 is 11.6 Å². The van der Waals surface area contributed by atoms with Gasteiger partial charge in [-0.25, -0.2) is 8.42 Å². The molecule has 1 amide bonds. The SMILES string of the molecule is COCCCN(CC(=O)Nc1cccc(Cl)c1)S(C)(=O)=O. The summed E-state index contributed by atoms with van der Waals surface area (Å²) in [5.41, 5.74) is 0.526. The highest BCUT2D eigenvalue weighted by atomic mass is 35.5. The van der Waals surface area contributed by atoms with Crippen LogP contribution in [0.25, 0.3) is 0 Å². The van der Waals surface area contributed by atoms with E-state index in [4.69, 9.17) is 16.3 Å². The van der Waals surface area contributed by atoms with Gasteiger partial charge >= 0.3 is 0 Å². The zero-order chi connectivity index (χ0) is 15.9. The molecule has 0 saturated heterocycles. The van der Waals surface area contributed by atoms with Crippen molar-refractivity contribution in [2.75, 3.05) is 38.4 Å². The third-order valence-electron chi connectivity index (χ3n) is 2.65. The van der Waals surface area contributed by atoms with E-state index in [-0.39, 0.29) is 13.1 Å². The number of methoxy groups -OCH3 is 1. The van der Waals surface area contributed by atoms with Crippen molar-refractivity contribution in [1.29, 1.82) is 0 Å². The zero-order valence-electron chi connectivity index (χ0n) is 12.0. The highest BCUT2D eigenvalue weighted by Gasteiger charge is 2.19. The van der Waals surface area contributed by atoms with Crippen LogP contribution in [0.3, 0.4) is 0 Å². The molecule has 0 unspecified atom stereocenters. The van der Waals surface area contributed by atoms with Crippen molar-refractivity contribution in [3.05, 3.63) is 29.3 Å². The van der Waals surface area contributed by atoms with Gasteiger partial charge in [0.2, 0.25) is 15.9 Å². The van der Waals surface area contributed by atoms with Crippen molar-refractivity contribution in [1.82, 2.24) is 4.31 Å². The fraction of sp³-hybridized carbons (Fsp3) is 0.462. The summed E-state index contributed by atoms with van der Waals surface area (Å²) < 4.78 is 29.3. The first-order valence-electron chi connectivity index (χ1n) is 6.32. The number of amides is 1. The Labute approximate surface area is 130 Å². The van der Waals surface area contributed by atoms with Crippen molar-refractivity contribution in [3.8, 4) is 0 Å². The van der Waals surface area contributed by atoms with E-state index in [0.717, 1.165) is 10.6 Å². The maximum Gasteiger partial charge on any atom is 0.239 e. The molecule has 0 bridgehead atoms. The zero-order valence-corrected chi connectivity index (χ0v) is 13.6. The van der Waals surface area contributed by atoms with Crippen LogP contribution in [-0.2, 0) is 19.6 Å². The number of ether oxygens (including phenoxy) is 1. The van der Waals surface area contributed by atoms with Crippen LogP contribution in [0.2, 0.25) is 5.02 Å².